The molecule has 2 aliphatic heterocycles. The molecule has 0 N–H and O–H groups in total. The van der Waals surface area contributed by atoms with Crippen molar-refractivity contribution in [1.82, 2.24) is 9.80 Å². The lowest BCUT2D eigenvalue weighted by Crippen LogP contribution is -2.54. The number of nitrogens with zero attached hydrogens (tertiary/aromatic N) is 3. The molecule has 0 radical (unpaired) electrons. The molecule has 1 saturated heterocycles. The number of halogens is 2. The predicted octanol–water partition coefficient (Wildman–Crippen LogP) is 7.48. The number of carbonyl (C=O) groups is 1. The van der Waals surface area contributed by atoms with Gasteiger partial charge in [-0.25, -0.2) is 4.79 Å². The highest BCUT2D eigenvalue weighted by atomic mass is 35.5. The first kappa shape index (κ1) is 27.9. The molecule has 0 aromatic heterocycles. The average molecular weight is 555 g/mol. The fraction of sp³-hybridized carbons (Fsp3) is 0.933. The molecule has 2 heterocycles. The van der Waals surface area contributed by atoms with Crippen molar-refractivity contribution in [2.24, 2.45) is 28.7 Å². The van der Waals surface area contributed by atoms with Crippen LogP contribution in [-0.4, -0.2) is 70.3 Å². The van der Waals surface area contributed by atoms with Crippen molar-refractivity contribution < 1.29 is 9.53 Å². The van der Waals surface area contributed by atoms with Gasteiger partial charge in [0, 0.05) is 36.3 Å². The summed E-state index contributed by atoms with van der Waals surface area (Å²) in [6.45, 7) is 6.19. The van der Waals surface area contributed by atoms with Gasteiger partial charge >= 0.3 is 6.09 Å². The van der Waals surface area contributed by atoms with Crippen molar-refractivity contribution >= 4 is 35.1 Å². The molecule has 37 heavy (non-hydrogen) atoms. The maximum Gasteiger partial charge on any atom is 0.409 e. The van der Waals surface area contributed by atoms with E-state index in [9.17, 15) is 4.79 Å². The number of fused-ring (bicyclic) bond motifs is 1. The van der Waals surface area contributed by atoms with E-state index in [0.29, 0.717) is 35.5 Å². The van der Waals surface area contributed by atoms with Crippen LogP contribution in [0.15, 0.2) is 4.99 Å². The summed E-state index contributed by atoms with van der Waals surface area (Å²) in [5.41, 5.74) is 0. The van der Waals surface area contributed by atoms with Crippen LogP contribution in [0.3, 0.4) is 0 Å². The molecule has 3 saturated carbocycles. The quantitative estimate of drug-likeness (QED) is 0.320. The number of aliphatic imine (C=N–C) groups is 1. The Labute approximate surface area is 235 Å². The fourth-order valence-electron chi connectivity index (χ4n) is 8.79. The smallest absolute Gasteiger partial charge is 0.409 e. The topological polar surface area (TPSA) is 45.1 Å². The highest BCUT2D eigenvalue weighted by molar-refractivity contribution is 6.20. The molecular weight excluding hydrogens is 505 g/mol. The van der Waals surface area contributed by atoms with E-state index in [2.05, 4.69) is 11.8 Å². The third-order valence-corrected chi connectivity index (χ3v) is 11.4. The van der Waals surface area contributed by atoms with Gasteiger partial charge in [0.15, 0.2) is 0 Å². The van der Waals surface area contributed by atoms with Crippen molar-refractivity contribution in [2.45, 2.75) is 133 Å². The molecule has 5 aliphatic rings. The monoisotopic (exact) mass is 553 g/mol. The number of likely N-dealkylation sites (tertiary alicyclic amines) is 1. The maximum absolute atomic E-state index is 12.3. The molecule has 0 aromatic carbocycles. The Balaban J connectivity index is 1.30. The van der Waals surface area contributed by atoms with Crippen LogP contribution >= 0.6 is 23.2 Å². The number of hydrogen-bond donors (Lipinski definition) is 0. The van der Waals surface area contributed by atoms with Gasteiger partial charge in [-0.15, -0.1) is 23.2 Å². The van der Waals surface area contributed by atoms with Gasteiger partial charge in [0.2, 0.25) is 0 Å². The summed E-state index contributed by atoms with van der Waals surface area (Å²) >= 11 is 13.1. The number of alkyl halides is 2. The maximum atomic E-state index is 12.3. The van der Waals surface area contributed by atoms with Gasteiger partial charge in [-0.2, -0.15) is 0 Å². The zero-order chi connectivity index (χ0) is 25.9. The summed E-state index contributed by atoms with van der Waals surface area (Å²) in [7, 11) is 0. The zero-order valence-electron chi connectivity index (χ0n) is 23.1. The van der Waals surface area contributed by atoms with E-state index in [4.69, 9.17) is 32.9 Å². The fourth-order valence-corrected chi connectivity index (χ4v) is 9.29. The second kappa shape index (κ2) is 12.7. The highest BCUT2D eigenvalue weighted by Crippen LogP contribution is 2.50. The molecule has 210 valence electrons. The second-order valence-corrected chi connectivity index (χ2v) is 13.8. The van der Waals surface area contributed by atoms with Crippen molar-refractivity contribution in [3.63, 3.8) is 0 Å². The van der Waals surface area contributed by atoms with Gasteiger partial charge < -0.3 is 14.5 Å². The molecule has 0 bridgehead atoms. The van der Waals surface area contributed by atoms with Gasteiger partial charge in [-0.3, -0.25) is 4.99 Å². The molecule has 3 aliphatic carbocycles. The van der Waals surface area contributed by atoms with E-state index in [1.165, 1.54) is 76.5 Å². The van der Waals surface area contributed by atoms with Crippen molar-refractivity contribution in [1.29, 1.82) is 0 Å². The summed E-state index contributed by atoms with van der Waals surface area (Å²) < 4.78 is 5.27. The standard InChI is InChI=1S/C30H49Cl2N3O2/c1-3-28-33-26-14-9-22(19-27(26)35(28)25-15-17-34(18-16-25)30(36)37-4-2)29(20-5-10-23(31)11-6-20)21-7-12-24(32)13-8-21/h20-27,29H,3-19H2,1-2H3. The van der Waals surface area contributed by atoms with Crippen LogP contribution in [0.2, 0.25) is 0 Å². The summed E-state index contributed by atoms with van der Waals surface area (Å²) in [4.78, 5) is 22.2. The van der Waals surface area contributed by atoms with E-state index < -0.39 is 0 Å². The van der Waals surface area contributed by atoms with Crippen LogP contribution in [0.25, 0.3) is 0 Å². The average Bonchev–Trinajstić information content (AvgIpc) is 3.29. The first-order valence-corrected chi connectivity index (χ1v) is 16.4. The van der Waals surface area contributed by atoms with Gasteiger partial charge in [-0.1, -0.05) is 6.92 Å². The lowest BCUT2D eigenvalue weighted by atomic mass is 9.61. The van der Waals surface area contributed by atoms with Crippen LogP contribution in [0, 0.1) is 23.7 Å². The minimum Gasteiger partial charge on any atom is -0.450 e. The third kappa shape index (κ3) is 6.23. The molecule has 0 spiro atoms. The van der Waals surface area contributed by atoms with Crippen LogP contribution in [0.1, 0.15) is 104 Å². The Kier molecular flexibility index (Phi) is 9.54. The second-order valence-electron chi connectivity index (χ2n) is 12.5. The molecule has 3 unspecified atom stereocenters. The minimum absolute atomic E-state index is 0.150. The van der Waals surface area contributed by atoms with Crippen LogP contribution < -0.4 is 0 Å². The summed E-state index contributed by atoms with van der Waals surface area (Å²) in [5.74, 6) is 4.62. The lowest BCUT2D eigenvalue weighted by molar-refractivity contribution is 0.0349. The minimum atomic E-state index is -0.150. The van der Waals surface area contributed by atoms with E-state index in [1.807, 2.05) is 11.8 Å². The molecule has 7 heteroatoms. The van der Waals surface area contributed by atoms with Gasteiger partial charge in [-0.05, 0) is 114 Å². The third-order valence-electron chi connectivity index (χ3n) is 10.5. The van der Waals surface area contributed by atoms with Crippen LogP contribution in [-0.2, 0) is 4.74 Å². The molecule has 5 rings (SSSR count). The number of piperidine rings is 1. The molecule has 4 fully saturated rings. The number of carbonyl (C=O) groups excluding carboxylic acids is 1. The summed E-state index contributed by atoms with van der Waals surface area (Å²) in [6, 6.07) is 1.51. The van der Waals surface area contributed by atoms with E-state index >= 15 is 0 Å². The lowest BCUT2D eigenvalue weighted by Gasteiger charge is -2.49. The van der Waals surface area contributed by atoms with Gasteiger partial charge in [0.05, 0.1) is 24.5 Å². The SMILES string of the molecule is CCOC(=O)N1CCC(N2C(CC)=NC3CCC(C(C4CCC(Cl)CC4)C4CCC(Cl)CC4)CC32)CC1. The number of rotatable bonds is 6. The molecule has 3 atom stereocenters. The van der Waals surface area contributed by atoms with Gasteiger partial charge in [0.25, 0.3) is 0 Å². The zero-order valence-corrected chi connectivity index (χ0v) is 24.6. The molecule has 1 amide bonds. The van der Waals surface area contributed by atoms with Crippen molar-refractivity contribution in [3.8, 4) is 0 Å². The first-order chi connectivity index (χ1) is 18.0. The van der Waals surface area contributed by atoms with Crippen molar-refractivity contribution in [2.75, 3.05) is 19.7 Å². The highest BCUT2D eigenvalue weighted by Gasteiger charge is 2.47. The summed E-state index contributed by atoms with van der Waals surface area (Å²) in [6.07, 6.45) is 16.8. The van der Waals surface area contributed by atoms with E-state index in [0.717, 1.165) is 56.0 Å². The Morgan fingerprint density at radius 2 is 1.43 bits per heavy atom. The van der Waals surface area contributed by atoms with Crippen molar-refractivity contribution in [3.05, 3.63) is 0 Å². The first-order valence-electron chi connectivity index (χ1n) is 15.5. The Morgan fingerprint density at radius 1 is 0.865 bits per heavy atom. The van der Waals surface area contributed by atoms with Gasteiger partial charge in [0.1, 0.15) is 0 Å². The van der Waals surface area contributed by atoms with E-state index in [1.54, 1.807) is 0 Å². The number of amides is 1. The Hall–Kier alpha value is -0.680. The number of ether oxygens (including phenoxy) is 1. The molecular formula is C30H49Cl2N3O2. The van der Waals surface area contributed by atoms with Crippen LogP contribution in [0.5, 0.6) is 0 Å². The summed E-state index contributed by atoms with van der Waals surface area (Å²) in [5, 5.41) is 0.773. The Bertz CT molecular complexity index is 764. The Morgan fingerprint density at radius 3 is 1.97 bits per heavy atom. The predicted molar refractivity (Wildman–Crippen MR) is 153 cm³/mol. The van der Waals surface area contributed by atoms with Crippen LogP contribution in [0.4, 0.5) is 4.79 Å². The molecule has 5 nitrogen and oxygen atoms in total. The molecule has 0 aromatic rings. The normalized spacial score (nSPS) is 38.2. The largest absolute Gasteiger partial charge is 0.450 e. The van der Waals surface area contributed by atoms with E-state index in [-0.39, 0.29) is 6.09 Å². The number of amidine groups is 1. The number of hydrogen-bond acceptors (Lipinski definition) is 4.